The molecule has 4 atom stereocenters. The summed E-state index contributed by atoms with van der Waals surface area (Å²) < 4.78 is 4.95. The molecular weight excluding hydrogens is 431 g/mol. The summed E-state index contributed by atoms with van der Waals surface area (Å²) in [6.45, 7) is 3.78. The third kappa shape index (κ3) is 8.33. The van der Waals surface area contributed by atoms with Crippen molar-refractivity contribution in [3.05, 3.63) is 58.6 Å². The number of unbranched alkanes of at least 4 members (excludes halogenated alkanes) is 1. The zero-order chi connectivity index (χ0) is 21.2. The first kappa shape index (κ1) is 24.3. The normalized spacial score (nSPS) is 24.1. The predicted molar refractivity (Wildman–Crippen MR) is 121 cm³/mol. The number of aliphatic hydroxyl groups is 1. The summed E-state index contributed by atoms with van der Waals surface area (Å²) in [7, 11) is 0. The maximum Gasteiger partial charge on any atom is 0.306 e. The number of halogens is 3. The highest BCUT2D eigenvalue weighted by atomic mass is 35.5. The SMILES string of the molecule is C=CCOC(=O)CCC/C=C\C[C@@H]1[C@@H](CCc2cc(Cl)cc(Cl)c2)[C@H](O)C[C@H]1Cl. The van der Waals surface area contributed by atoms with Gasteiger partial charge in [-0.25, -0.2) is 0 Å². The summed E-state index contributed by atoms with van der Waals surface area (Å²) in [5.41, 5.74) is 1.07. The molecule has 6 heteroatoms. The van der Waals surface area contributed by atoms with Crippen LogP contribution < -0.4 is 0 Å². The number of rotatable bonds is 11. The fraction of sp³-hybridized carbons (Fsp3) is 0.522. The van der Waals surface area contributed by atoms with Gasteiger partial charge < -0.3 is 9.84 Å². The quantitative estimate of drug-likeness (QED) is 0.181. The maximum absolute atomic E-state index is 11.4. The minimum absolute atomic E-state index is 0.0310. The summed E-state index contributed by atoms with van der Waals surface area (Å²) >= 11 is 18.7. The number of alkyl halides is 1. The number of hydrogen-bond donors (Lipinski definition) is 1. The van der Waals surface area contributed by atoms with E-state index in [1.807, 2.05) is 12.1 Å². The second kappa shape index (κ2) is 12.6. The van der Waals surface area contributed by atoms with Gasteiger partial charge in [0.2, 0.25) is 0 Å². The van der Waals surface area contributed by atoms with Gasteiger partial charge in [0, 0.05) is 21.8 Å². The molecule has 29 heavy (non-hydrogen) atoms. The lowest BCUT2D eigenvalue weighted by molar-refractivity contribution is -0.142. The molecule has 1 fully saturated rings. The van der Waals surface area contributed by atoms with E-state index in [1.54, 1.807) is 12.1 Å². The van der Waals surface area contributed by atoms with E-state index in [1.165, 1.54) is 0 Å². The Kier molecular flexibility index (Phi) is 10.6. The molecule has 0 radical (unpaired) electrons. The standard InChI is InChI=1S/C23H29Cl3O3/c1-2-11-29-23(28)8-6-4-3-5-7-19-20(22(27)15-21(19)26)10-9-16-12-17(24)14-18(25)13-16/h2-3,5,12-14,19-22,27H,1,4,6-11,15H2/b5-3-/t19-,20-,21-,22-/m1/s1. The number of aryl methyl sites for hydroxylation is 1. The van der Waals surface area contributed by atoms with Crippen molar-refractivity contribution in [1.82, 2.24) is 0 Å². The average Bonchev–Trinajstić information content (AvgIpc) is 2.93. The van der Waals surface area contributed by atoms with E-state index in [9.17, 15) is 9.90 Å². The van der Waals surface area contributed by atoms with Gasteiger partial charge in [0.25, 0.3) is 0 Å². The van der Waals surface area contributed by atoms with E-state index in [2.05, 4.69) is 18.7 Å². The average molecular weight is 460 g/mol. The summed E-state index contributed by atoms with van der Waals surface area (Å²) in [6, 6.07) is 5.56. The van der Waals surface area contributed by atoms with Crippen LogP contribution in [0.15, 0.2) is 43.0 Å². The monoisotopic (exact) mass is 458 g/mol. The molecule has 160 valence electrons. The smallest absolute Gasteiger partial charge is 0.306 e. The van der Waals surface area contributed by atoms with Gasteiger partial charge in [-0.2, -0.15) is 0 Å². The van der Waals surface area contributed by atoms with Gasteiger partial charge >= 0.3 is 5.97 Å². The molecule has 1 N–H and O–H groups in total. The molecule has 0 spiro atoms. The van der Waals surface area contributed by atoms with Crippen molar-refractivity contribution in [1.29, 1.82) is 0 Å². The van der Waals surface area contributed by atoms with Crippen LogP contribution in [-0.4, -0.2) is 29.2 Å². The van der Waals surface area contributed by atoms with Crippen LogP contribution in [0.1, 0.15) is 44.1 Å². The van der Waals surface area contributed by atoms with Crippen molar-refractivity contribution in [2.24, 2.45) is 11.8 Å². The molecule has 1 aromatic rings. The molecule has 1 aliphatic rings. The fourth-order valence-electron chi connectivity index (χ4n) is 3.91. The molecule has 1 aliphatic carbocycles. The molecule has 0 aliphatic heterocycles. The van der Waals surface area contributed by atoms with Crippen LogP contribution in [0, 0.1) is 11.8 Å². The molecule has 0 heterocycles. The van der Waals surface area contributed by atoms with Crippen LogP contribution in [0.2, 0.25) is 10.0 Å². The molecule has 0 saturated heterocycles. The fourth-order valence-corrected chi connectivity index (χ4v) is 4.95. The Labute approximate surface area is 188 Å². The number of ether oxygens (including phenoxy) is 1. The third-order valence-corrected chi connectivity index (χ3v) is 6.29. The van der Waals surface area contributed by atoms with Gasteiger partial charge in [0.05, 0.1) is 6.10 Å². The molecule has 0 amide bonds. The number of aliphatic hydroxyl groups excluding tert-OH is 1. The van der Waals surface area contributed by atoms with Gasteiger partial charge in [-0.3, -0.25) is 4.79 Å². The number of allylic oxidation sites excluding steroid dienone is 2. The largest absolute Gasteiger partial charge is 0.461 e. The Morgan fingerprint density at radius 2 is 1.93 bits per heavy atom. The first-order valence-electron chi connectivity index (χ1n) is 10.1. The van der Waals surface area contributed by atoms with Crippen LogP contribution in [0.4, 0.5) is 0 Å². The van der Waals surface area contributed by atoms with E-state index in [-0.39, 0.29) is 35.9 Å². The van der Waals surface area contributed by atoms with Crippen molar-refractivity contribution >= 4 is 40.8 Å². The first-order valence-corrected chi connectivity index (χ1v) is 11.3. The maximum atomic E-state index is 11.4. The highest BCUT2D eigenvalue weighted by Gasteiger charge is 2.40. The zero-order valence-corrected chi connectivity index (χ0v) is 18.8. The van der Waals surface area contributed by atoms with E-state index in [4.69, 9.17) is 39.5 Å². The van der Waals surface area contributed by atoms with E-state index in [0.29, 0.717) is 22.9 Å². The number of esters is 1. The van der Waals surface area contributed by atoms with E-state index < -0.39 is 0 Å². The van der Waals surface area contributed by atoms with Crippen LogP contribution in [-0.2, 0) is 16.0 Å². The zero-order valence-electron chi connectivity index (χ0n) is 16.5. The minimum atomic E-state index is -0.384. The van der Waals surface area contributed by atoms with Gasteiger partial charge in [-0.15, -0.1) is 11.6 Å². The van der Waals surface area contributed by atoms with Gasteiger partial charge in [-0.05, 0) is 74.1 Å². The Bertz CT molecular complexity index is 684. The lowest BCUT2D eigenvalue weighted by Gasteiger charge is -2.22. The number of benzene rings is 1. The molecular formula is C23H29Cl3O3. The summed E-state index contributed by atoms with van der Waals surface area (Å²) in [5.74, 6) is 0.183. The lowest BCUT2D eigenvalue weighted by Crippen LogP contribution is -2.21. The van der Waals surface area contributed by atoms with Gasteiger partial charge in [0.1, 0.15) is 6.61 Å². The Morgan fingerprint density at radius 3 is 2.62 bits per heavy atom. The molecule has 1 saturated carbocycles. The third-order valence-electron chi connectivity index (χ3n) is 5.35. The highest BCUT2D eigenvalue weighted by Crippen LogP contribution is 2.41. The lowest BCUT2D eigenvalue weighted by atomic mass is 9.86. The second-order valence-electron chi connectivity index (χ2n) is 7.53. The van der Waals surface area contributed by atoms with Crippen molar-refractivity contribution in [3.8, 4) is 0 Å². The number of hydrogen-bond acceptors (Lipinski definition) is 3. The molecule has 0 aromatic heterocycles. The molecule has 2 rings (SSSR count). The highest BCUT2D eigenvalue weighted by molar-refractivity contribution is 6.34. The summed E-state index contributed by atoms with van der Waals surface area (Å²) in [4.78, 5) is 11.4. The summed E-state index contributed by atoms with van der Waals surface area (Å²) in [5, 5.41) is 11.7. The molecule has 0 bridgehead atoms. The van der Waals surface area contributed by atoms with Crippen LogP contribution in [0.25, 0.3) is 0 Å². The second-order valence-corrected chi connectivity index (χ2v) is 8.97. The van der Waals surface area contributed by atoms with Gasteiger partial charge in [-0.1, -0.05) is 48.0 Å². The van der Waals surface area contributed by atoms with Crippen molar-refractivity contribution < 1.29 is 14.6 Å². The molecule has 3 nitrogen and oxygen atoms in total. The van der Waals surface area contributed by atoms with Crippen molar-refractivity contribution in [2.45, 2.75) is 56.4 Å². The first-order chi connectivity index (χ1) is 13.9. The molecule has 0 unspecified atom stereocenters. The Morgan fingerprint density at radius 1 is 1.21 bits per heavy atom. The van der Waals surface area contributed by atoms with E-state index >= 15 is 0 Å². The Hall–Kier alpha value is -1.000. The molecule has 1 aromatic carbocycles. The van der Waals surface area contributed by atoms with E-state index in [0.717, 1.165) is 37.7 Å². The topological polar surface area (TPSA) is 46.5 Å². The Balaban J connectivity index is 1.79. The predicted octanol–water partition coefficient (Wildman–Crippen LogP) is 6.38. The van der Waals surface area contributed by atoms with Crippen molar-refractivity contribution in [2.75, 3.05) is 6.61 Å². The van der Waals surface area contributed by atoms with Crippen molar-refractivity contribution in [3.63, 3.8) is 0 Å². The van der Waals surface area contributed by atoms with Gasteiger partial charge in [0.15, 0.2) is 0 Å². The summed E-state index contributed by atoms with van der Waals surface area (Å²) in [6.07, 6.45) is 10.5. The number of carbonyl (C=O) groups excluding carboxylic acids is 1. The van der Waals surface area contributed by atoms with Crippen LogP contribution in [0.5, 0.6) is 0 Å². The van der Waals surface area contributed by atoms with Crippen LogP contribution >= 0.6 is 34.8 Å². The number of carbonyl (C=O) groups is 1. The minimum Gasteiger partial charge on any atom is -0.461 e. The van der Waals surface area contributed by atoms with Crippen LogP contribution in [0.3, 0.4) is 0 Å².